The predicted octanol–water partition coefficient (Wildman–Crippen LogP) is 6.14. The Kier molecular flexibility index (Phi) is 6.80. The molecule has 180 valence electrons. The second kappa shape index (κ2) is 10.5. The lowest BCUT2D eigenvalue weighted by atomic mass is 9.96. The van der Waals surface area contributed by atoms with Crippen LogP contribution in [0.3, 0.4) is 0 Å². The lowest BCUT2D eigenvalue weighted by Gasteiger charge is -2.17. The topological polar surface area (TPSA) is 75.6 Å². The number of aliphatic carboxylic acids is 1. The molecular formula is C31H27NO4. The van der Waals surface area contributed by atoms with Crippen molar-refractivity contribution in [3.63, 3.8) is 0 Å². The minimum absolute atomic E-state index is 0.0123. The van der Waals surface area contributed by atoms with E-state index in [4.69, 9.17) is 4.74 Å². The number of carboxylic acid groups (broad SMARTS) is 1. The van der Waals surface area contributed by atoms with Crippen LogP contribution in [0.5, 0.6) is 0 Å². The van der Waals surface area contributed by atoms with E-state index in [1.807, 2.05) is 78.9 Å². The molecule has 5 rings (SSSR count). The maximum absolute atomic E-state index is 12.5. The third-order valence-corrected chi connectivity index (χ3v) is 6.70. The molecule has 0 radical (unpaired) electrons. The summed E-state index contributed by atoms with van der Waals surface area (Å²) in [5.41, 5.74) is 7.58. The Morgan fingerprint density at radius 1 is 0.778 bits per heavy atom. The van der Waals surface area contributed by atoms with Gasteiger partial charge in [0.05, 0.1) is 5.92 Å². The van der Waals surface area contributed by atoms with Crippen LogP contribution in [0, 0.1) is 5.92 Å². The summed E-state index contributed by atoms with van der Waals surface area (Å²) in [4.78, 5) is 24.4. The second-order valence-electron chi connectivity index (χ2n) is 9.01. The Labute approximate surface area is 210 Å². The summed E-state index contributed by atoms with van der Waals surface area (Å²) in [5, 5.41) is 12.4. The Morgan fingerprint density at radius 2 is 1.39 bits per heavy atom. The molecule has 5 nitrogen and oxygen atoms in total. The Bertz CT molecular complexity index is 1340. The number of alkyl carbamates (subject to hydrolysis) is 1. The summed E-state index contributed by atoms with van der Waals surface area (Å²) in [5.74, 6) is -1.77. The van der Waals surface area contributed by atoms with Crippen molar-refractivity contribution in [3.8, 4) is 22.3 Å². The molecule has 0 heterocycles. The van der Waals surface area contributed by atoms with Gasteiger partial charge in [0.25, 0.3) is 0 Å². The Balaban J connectivity index is 1.20. The zero-order chi connectivity index (χ0) is 24.9. The highest BCUT2D eigenvalue weighted by Crippen LogP contribution is 2.44. The van der Waals surface area contributed by atoms with Crippen LogP contribution in [0.2, 0.25) is 0 Å². The number of rotatable bonds is 8. The van der Waals surface area contributed by atoms with E-state index in [0.29, 0.717) is 6.42 Å². The predicted molar refractivity (Wildman–Crippen MR) is 140 cm³/mol. The van der Waals surface area contributed by atoms with Crippen LogP contribution in [0.15, 0.2) is 103 Å². The maximum atomic E-state index is 12.5. The first-order valence-electron chi connectivity index (χ1n) is 12.1. The smallest absolute Gasteiger partial charge is 0.407 e. The number of fused-ring (bicyclic) bond motifs is 3. The maximum Gasteiger partial charge on any atom is 0.407 e. The summed E-state index contributed by atoms with van der Waals surface area (Å²) in [6.45, 7) is 0.179. The van der Waals surface area contributed by atoms with Crippen molar-refractivity contribution in [2.75, 3.05) is 13.2 Å². The van der Waals surface area contributed by atoms with Crippen molar-refractivity contribution in [2.45, 2.75) is 12.3 Å². The molecule has 4 aromatic rings. The number of carboxylic acids is 1. The van der Waals surface area contributed by atoms with Gasteiger partial charge in [0.1, 0.15) is 6.61 Å². The highest BCUT2D eigenvalue weighted by Gasteiger charge is 2.29. The first-order valence-corrected chi connectivity index (χ1v) is 12.1. The average Bonchev–Trinajstić information content (AvgIpc) is 3.24. The van der Waals surface area contributed by atoms with Crippen LogP contribution in [0.25, 0.3) is 22.3 Å². The highest BCUT2D eigenvalue weighted by atomic mass is 16.5. The monoisotopic (exact) mass is 477 g/mol. The van der Waals surface area contributed by atoms with Gasteiger partial charge in [-0.25, -0.2) is 4.79 Å². The molecule has 4 aromatic carbocycles. The van der Waals surface area contributed by atoms with Gasteiger partial charge in [-0.1, -0.05) is 103 Å². The number of ether oxygens (including phenoxy) is 1. The van der Waals surface area contributed by atoms with Crippen LogP contribution in [-0.2, 0) is 16.0 Å². The van der Waals surface area contributed by atoms with E-state index in [-0.39, 0.29) is 19.1 Å². The quantitative estimate of drug-likeness (QED) is 0.320. The normalized spacial score (nSPS) is 12.9. The molecule has 0 aromatic heterocycles. The first kappa shape index (κ1) is 23.4. The highest BCUT2D eigenvalue weighted by molar-refractivity contribution is 5.79. The van der Waals surface area contributed by atoms with Gasteiger partial charge in [-0.15, -0.1) is 0 Å². The molecule has 0 unspecified atom stereocenters. The number of carbonyl (C=O) groups excluding carboxylic acids is 1. The van der Waals surface area contributed by atoms with Gasteiger partial charge in [0.2, 0.25) is 0 Å². The molecule has 0 aliphatic heterocycles. The Morgan fingerprint density at radius 3 is 2.06 bits per heavy atom. The minimum atomic E-state index is -0.959. The number of hydrogen-bond donors (Lipinski definition) is 2. The van der Waals surface area contributed by atoms with E-state index in [0.717, 1.165) is 38.9 Å². The standard InChI is InChI=1S/C31H27NO4/c33-30(34)24(18-21-9-8-12-23(17-21)22-10-2-1-3-11-22)19-32-31(35)36-20-29-27-15-6-4-13-25(27)26-14-5-7-16-28(26)29/h1-17,24,29H,18-20H2,(H,32,35)(H,33,34)/t24-/m0/s1. The van der Waals surface area contributed by atoms with Gasteiger partial charge in [0, 0.05) is 12.5 Å². The van der Waals surface area contributed by atoms with Crippen LogP contribution in [0.1, 0.15) is 22.6 Å². The van der Waals surface area contributed by atoms with Crippen molar-refractivity contribution in [1.82, 2.24) is 5.32 Å². The fraction of sp³-hybridized carbons (Fsp3) is 0.161. The van der Waals surface area contributed by atoms with Crippen molar-refractivity contribution in [2.24, 2.45) is 5.92 Å². The van der Waals surface area contributed by atoms with Gasteiger partial charge in [0.15, 0.2) is 0 Å². The van der Waals surface area contributed by atoms with Crippen molar-refractivity contribution in [1.29, 1.82) is 0 Å². The van der Waals surface area contributed by atoms with E-state index in [2.05, 4.69) is 29.6 Å². The molecule has 1 atom stereocenters. The lowest BCUT2D eigenvalue weighted by Crippen LogP contribution is -2.35. The average molecular weight is 478 g/mol. The van der Waals surface area contributed by atoms with Gasteiger partial charge in [-0.2, -0.15) is 0 Å². The van der Waals surface area contributed by atoms with Crippen LogP contribution in [-0.4, -0.2) is 30.3 Å². The summed E-state index contributed by atoms with van der Waals surface area (Å²) in [7, 11) is 0. The van der Waals surface area contributed by atoms with E-state index in [9.17, 15) is 14.7 Å². The first-order chi connectivity index (χ1) is 17.6. The molecule has 1 aliphatic rings. The van der Waals surface area contributed by atoms with Gasteiger partial charge < -0.3 is 15.2 Å². The summed E-state index contributed by atoms with van der Waals surface area (Å²) >= 11 is 0. The molecule has 0 bridgehead atoms. The number of carbonyl (C=O) groups is 2. The number of nitrogens with one attached hydrogen (secondary N) is 1. The largest absolute Gasteiger partial charge is 0.481 e. The minimum Gasteiger partial charge on any atom is -0.481 e. The summed E-state index contributed by atoms with van der Waals surface area (Å²) in [6.07, 6.45) is -0.305. The number of benzene rings is 4. The van der Waals surface area contributed by atoms with Crippen LogP contribution in [0.4, 0.5) is 4.79 Å². The zero-order valence-corrected chi connectivity index (χ0v) is 19.8. The fourth-order valence-corrected chi connectivity index (χ4v) is 4.90. The number of amides is 1. The lowest BCUT2D eigenvalue weighted by molar-refractivity contribution is -0.141. The number of hydrogen-bond acceptors (Lipinski definition) is 3. The molecule has 5 heteroatoms. The zero-order valence-electron chi connectivity index (χ0n) is 19.8. The van der Waals surface area contributed by atoms with Crippen molar-refractivity contribution < 1.29 is 19.4 Å². The third-order valence-electron chi connectivity index (χ3n) is 6.70. The van der Waals surface area contributed by atoms with Crippen molar-refractivity contribution >= 4 is 12.1 Å². The molecule has 0 fully saturated rings. The molecule has 0 saturated carbocycles. The molecule has 2 N–H and O–H groups in total. The molecule has 1 aliphatic carbocycles. The van der Waals surface area contributed by atoms with Crippen molar-refractivity contribution in [3.05, 3.63) is 120 Å². The third kappa shape index (κ3) is 5.01. The van der Waals surface area contributed by atoms with E-state index >= 15 is 0 Å². The molecular weight excluding hydrogens is 450 g/mol. The molecule has 36 heavy (non-hydrogen) atoms. The Hall–Kier alpha value is -4.38. The van der Waals surface area contributed by atoms with Gasteiger partial charge in [-0.3, -0.25) is 4.79 Å². The van der Waals surface area contributed by atoms with Gasteiger partial charge >= 0.3 is 12.1 Å². The van der Waals surface area contributed by atoms with Crippen LogP contribution < -0.4 is 5.32 Å². The summed E-state index contributed by atoms with van der Waals surface area (Å²) in [6, 6.07) is 34.1. The molecule has 1 amide bonds. The van der Waals surface area contributed by atoms with Crippen LogP contribution >= 0.6 is 0 Å². The van der Waals surface area contributed by atoms with E-state index < -0.39 is 18.0 Å². The van der Waals surface area contributed by atoms with E-state index in [1.165, 1.54) is 0 Å². The SMILES string of the molecule is O=C(NC[C@H](Cc1cccc(-c2ccccc2)c1)C(=O)O)OCC1c2ccccc2-c2ccccc21. The fourth-order valence-electron chi connectivity index (χ4n) is 4.90. The molecule has 0 saturated heterocycles. The van der Waals surface area contributed by atoms with Gasteiger partial charge in [-0.05, 0) is 45.4 Å². The molecule has 0 spiro atoms. The van der Waals surface area contributed by atoms with E-state index in [1.54, 1.807) is 0 Å². The summed E-state index contributed by atoms with van der Waals surface area (Å²) < 4.78 is 5.55. The second-order valence-corrected chi connectivity index (χ2v) is 9.01.